The molecule has 0 rings (SSSR count). The summed E-state index contributed by atoms with van der Waals surface area (Å²) in [4.78, 5) is 2.37. The van der Waals surface area contributed by atoms with Gasteiger partial charge in [0, 0.05) is 6.61 Å². The second kappa shape index (κ2) is 10.0. The van der Waals surface area contributed by atoms with Crippen LogP contribution >= 0.6 is 0 Å². The summed E-state index contributed by atoms with van der Waals surface area (Å²) < 4.78 is 0. The van der Waals surface area contributed by atoms with Crippen molar-refractivity contribution in [2.24, 2.45) is 0 Å². The normalized spacial score (nSPS) is 11.1. The molecule has 0 fully saturated rings. The Morgan fingerprint density at radius 1 is 0.923 bits per heavy atom. The van der Waals surface area contributed by atoms with Gasteiger partial charge in [0.15, 0.2) is 0 Å². The first-order valence-corrected chi connectivity index (χ1v) is 5.60. The van der Waals surface area contributed by atoms with E-state index >= 15 is 0 Å². The Balaban J connectivity index is 3.05. The predicted octanol–water partition coefficient (Wildman–Crippen LogP) is 2.27. The van der Waals surface area contributed by atoms with Gasteiger partial charge in [-0.2, -0.15) is 0 Å². The average molecular weight is 187 g/mol. The molecule has 0 unspecified atom stereocenters. The number of unbranched alkanes of at least 4 members (excludes halogenated alkanes) is 4. The molecule has 0 aromatic carbocycles. The number of aliphatic hydroxyl groups excluding tert-OH is 1. The third-order valence-corrected chi connectivity index (χ3v) is 2.34. The number of hydrogen-bond donors (Lipinski definition) is 1. The minimum atomic E-state index is 0.337. The molecule has 1 N–H and O–H groups in total. The lowest BCUT2D eigenvalue weighted by Gasteiger charge is -2.15. The second-order valence-corrected chi connectivity index (χ2v) is 3.79. The number of nitrogens with zero attached hydrogens (tertiary/aromatic N) is 1. The van der Waals surface area contributed by atoms with Crippen molar-refractivity contribution in [2.45, 2.75) is 45.4 Å². The highest BCUT2D eigenvalue weighted by molar-refractivity contribution is 4.52. The summed E-state index contributed by atoms with van der Waals surface area (Å²) in [7, 11) is 2.17. The van der Waals surface area contributed by atoms with Gasteiger partial charge in [0.2, 0.25) is 0 Å². The molecule has 0 aromatic heterocycles. The third-order valence-electron chi connectivity index (χ3n) is 2.34. The molecule has 2 nitrogen and oxygen atoms in total. The van der Waals surface area contributed by atoms with Gasteiger partial charge in [-0.05, 0) is 39.4 Å². The lowest BCUT2D eigenvalue weighted by molar-refractivity contribution is 0.261. The van der Waals surface area contributed by atoms with Crippen molar-refractivity contribution >= 4 is 0 Å². The molecule has 0 radical (unpaired) electrons. The Morgan fingerprint density at radius 3 is 2.08 bits per heavy atom. The molecule has 80 valence electrons. The summed E-state index contributed by atoms with van der Waals surface area (Å²) in [5.41, 5.74) is 0. The van der Waals surface area contributed by atoms with E-state index in [1.807, 2.05) is 0 Å². The first-order chi connectivity index (χ1) is 6.31. The van der Waals surface area contributed by atoms with Gasteiger partial charge in [0.05, 0.1) is 0 Å². The summed E-state index contributed by atoms with van der Waals surface area (Å²) >= 11 is 0. The van der Waals surface area contributed by atoms with Crippen molar-refractivity contribution in [2.75, 3.05) is 26.7 Å². The molecule has 0 aliphatic carbocycles. The molecule has 0 atom stereocenters. The Labute approximate surface area is 82.9 Å². The minimum Gasteiger partial charge on any atom is -0.396 e. The first-order valence-electron chi connectivity index (χ1n) is 5.60. The Kier molecular flexibility index (Phi) is 9.94. The van der Waals surface area contributed by atoms with Crippen LogP contribution in [0.5, 0.6) is 0 Å². The third kappa shape index (κ3) is 9.84. The van der Waals surface area contributed by atoms with E-state index in [1.54, 1.807) is 0 Å². The van der Waals surface area contributed by atoms with Crippen molar-refractivity contribution in [1.82, 2.24) is 4.90 Å². The van der Waals surface area contributed by atoms with E-state index in [0.29, 0.717) is 6.61 Å². The van der Waals surface area contributed by atoms with Gasteiger partial charge in [-0.25, -0.2) is 0 Å². The molecule has 0 amide bonds. The van der Waals surface area contributed by atoms with Gasteiger partial charge in [-0.3, -0.25) is 0 Å². The Hall–Kier alpha value is -0.0800. The lowest BCUT2D eigenvalue weighted by Crippen LogP contribution is -2.21. The summed E-state index contributed by atoms with van der Waals surface area (Å²) in [6.45, 7) is 4.92. The van der Waals surface area contributed by atoms with Crippen LogP contribution in [0.15, 0.2) is 0 Å². The van der Waals surface area contributed by atoms with Crippen molar-refractivity contribution in [3.05, 3.63) is 0 Å². The van der Waals surface area contributed by atoms with Crippen LogP contribution in [0.2, 0.25) is 0 Å². The smallest absolute Gasteiger partial charge is 0.0431 e. The monoisotopic (exact) mass is 187 g/mol. The zero-order valence-corrected chi connectivity index (χ0v) is 9.26. The molecule has 13 heavy (non-hydrogen) atoms. The van der Waals surface area contributed by atoms with Crippen LogP contribution in [0.25, 0.3) is 0 Å². The highest BCUT2D eigenvalue weighted by Gasteiger charge is 1.96. The van der Waals surface area contributed by atoms with E-state index in [2.05, 4.69) is 18.9 Å². The van der Waals surface area contributed by atoms with E-state index in [-0.39, 0.29) is 0 Å². The summed E-state index contributed by atoms with van der Waals surface area (Å²) in [6.07, 6.45) is 7.43. The fourth-order valence-electron chi connectivity index (χ4n) is 1.41. The van der Waals surface area contributed by atoms with Gasteiger partial charge >= 0.3 is 0 Å². The molecule has 0 saturated carbocycles. The summed E-state index contributed by atoms with van der Waals surface area (Å²) in [6, 6.07) is 0. The van der Waals surface area contributed by atoms with E-state index < -0.39 is 0 Å². The average Bonchev–Trinajstić information content (AvgIpc) is 2.13. The highest BCUT2D eigenvalue weighted by atomic mass is 16.2. The van der Waals surface area contributed by atoms with Gasteiger partial charge in [0.25, 0.3) is 0 Å². The second-order valence-electron chi connectivity index (χ2n) is 3.79. The number of hydrogen-bond acceptors (Lipinski definition) is 2. The molecule has 0 heterocycles. The van der Waals surface area contributed by atoms with Gasteiger partial charge in [-0.1, -0.05) is 26.2 Å². The van der Waals surface area contributed by atoms with Crippen LogP contribution in [0, 0.1) is 0 Å². The molecule has 0 bridgehead atoms. The quantitative estimate of drug-likeness (QED) is 0.560. The molecular weight excluding hydrogens is 162 g/mol. The summed E-state index contributed by atoms with van der Waals surface area (Å²) in [5.74, 6) is 0. The van der Waals surface area contributed by atoms with Gasteiger partial charge in [-0.15, -0.1) is 0 Å². The molecule has 2 heteroatoms. The minimum absolute atomic E-state index is 0.337. The standard InChI is InChI=1S/C11H25NO/c1-3-4-5-6-9-12(2)10-7-8-11-13/h13H,3-11H2,1-2H3. The molecule has 0 aromatic rings. The highest BCUT2D eigenvalue weighted by Crippen LogP contribution is 2.01. The largest absolute Gasteiger partial charge is 0.396 e. The van der Waals surface area contributed by atoms with Crippen LogP contribution in [-0.2, 0) is 0 Å². The van der Waals surface area contributed by atoms with Gasteiger partial charge in [0.1, 0.15) is 0 Å². The van der Waals surface area contributed by atoms with Gasteiger partial charge < -0.3 is 10.0 Å². The zero-order chi connectivity index (χ0) is 9.94. The fraction of sp³-hybridized carbons (Fsp3) is 1.00. The van der Waals surface area contributed by atoms with E-state index in [1.165, 1.54) is 32.2 Å². The van der Waals surface area contributed by atoms with E-state index in [0.717, 1.165) is 19.4 Å². The number of aliphatic hydroxyl groups is 1. The number of rotatable bonds is 9. The first kappa shape index (κ1) is 12.9. The molecule has 0 spiro atoms. The SMILES string of the molecule is CCCCCCN(C)CCCCO. The van der Waals surface area contributed by atoms with Crippen molar-refractivity contribution in [1.29, 1.82) is 0 Å². The van der Waals surface area contributed by atoms with E-state index in [4.69, 9.17) is 5.11 Å². The van der Waals surface area contributed by atoms with Crippen LogP contribution < -0.4 is 0 Å². The van der Waals surface area contributed by atoms with Crippen LogP contribution in [0.3, 0.4) is 0 Å². The van der Waals surface area contributed by atoms with Crippen molar-refractivity contribution < 1.29 is 5.11 Å². The van der Waals surface area contributed by atoms with Crippen LogP contribution in [0.1, 0.15) is 45.4 Å². The maximum Gasteiger partial charge on any atom is 0.0431 e. The fourth-order valence-corrected chi connectivity index (χ4v) is 1.41. The maximum atomic E-state index is 8.61. The van der Waals surface area contributed by atoms with Crippen LogP contribution in [-0.4, -0.2) is 36.8 Å². The Morgan fingerprint density at radius 2 is 1.54 bits per heavy atom. The molecule has 0 aliphatic heterocycles. The maximum absolute atomic E-state index is 8.61. The van der Waals surface area contributed by atoms with E-state index in [9.17, 15) is 0 Å². The predicted molar refractivity (Wildman–Crippen MR) is 58.0 cm³/mol. The topological polar surface area (TPSA) is 23.5 Å². The van der Waals surface area contributed by atoms with Crippen LogP contribution in [0.4, 0.5) is 0 Å². The lowest BCUT2D eigenvalue weighted by atomic mass is 10.2. The van der Waals surface area contributed by atoms with Crippen molar-refractivity contribution in [3.63, 3.8) is 0 Å². The Bertz CT molecular complexity index is 96.1. The zero-order valence-electron chi connectivity index (χ0n) is 9.26. The summed E-state index contributed by atoms with van der Waals surface area (Å²) in [5, 5.41) is 8.61. The molecular formula is C11H25NO. The van der Waals surface area contributed by atoms with Crippen molar-refractivity contribution in [3.8, 4) is 0 Å². The molecule has 0 saturated heterocycles. The molecule has 0 aliphatic rings.